The van der Waals surface area contributed by atoms with E-state index in [-0.39, 0.29) is 5.60 Å². The van der Waals surface area contributed by atoms with Crippen molar-refractivity contribution in [3.8, 4) is 5.75 Å². The first-order valence-corrected chi connectivity index (χ1v) is 9.48. The van der Waals surface area contributed by atoms with Gasteiger partial charge in [0.25, 0.3) is 0 Å². The van der Waals surface area contributed by atoms with E-state index in [9.17, 15) is 0 Å². The lowest BCUT2D eigenvalue weighted by Gasteiger charge is -2.28. The number of ether oxygens (including phenoxy) is 1. The van der Waals surface area contributed by atoms with E-state index in [1.54, 1.807) is 0 Å². The van der Waals surface area contributed by atoms with Gasteiger partial charge in [-0.3, -0.25) is 0 Å². The molecule has 102 valence electrons. The van der Waals surface area contributed by atoms with Crippen LogP contribution in [0.1, 0.15) is 38.8 Å². The molecule has 2 nitrogen and oxygen atoms in total. The summed E-state index contributed by atoms with van der Waals surface area (Å²) < 4.78 is 11.5. The fourth-order valence-corrected chi connectivity index (χ4v) is 3.11. The minimum atomic E-state index is -1.63. The first-order valence-electron chi connectivity index (χ1n) is 6.50. The molecule has 0 radical (unpaired) electrons. The van der Waals surface area contributed by atoms with Crippen LogP contribution in [0.3, 0.4) is 0 Å². The van der Waals surface area contributed by atoms with Crippen LogP contribution in [0.15, 0.2) is 24.3 Å². The molecule has 1 rings (SSSR count). The highest BCUT2D eigenvalue weighted by molar-refractivity contribution is 6.72. The average Bonchev–Trinajstić information content (AvgIpc) is 2.27. The van der Waals surface area contributed by atoms with Crippen molar-refractivity contribution >= 4 is 8.32 Å². The summed E-state index contributed by atoms with van der Waals surface area (Å²) in [7, 11) is 0.193. The summed E-state index contributed by atoms with van der Waals surface area (Å²) in [5.74, 6) is 0.926. The summed E-state index contributed by atoms with van der Waals surface area (Å²) in [6, 6.07) is 8.41. The molecule has 0 fully saturated rings. The number of hydrogen-bond donors (Lipinski definition) is 0. The number of rotatable bonds is 4. The minimum absolute atomic E-state index is 0.145. The van der Waals surface area contributed by atoms with Crippen LogP contribution in [0.25, 0.3) is 0 Å². The molecule has 18 heavy (non-hydrogen) atoms. The van der Waals surface area contributed by atoms with Crippen LogP contribution >= 0.6 is 0 Å². The molecule has 0 aliphatic heterocycles. The van der Waals surface area contributed by atoms with E-state index < -0.39 is 8.32 Å². The van der Waals surface area contributed by atoms with E-state index in [2.05, 4.69) is 65.1 Å². The second-order valence-corrected chi connectivity index (χ2v) is 10.8. The zero-order chi connectivity index (χ0) is 14.0. The Hall–Kier alpha value is -0.803. The first-order chi connectivity index (χ1) is 8.15. The summed E-state index contributed by atoms with van der Waals surface area (Å²) in [6.45, 7) is 12.9. The van der Waals surface area contributed by atoms with Gasteiger partial charge >= 0.3 is 0 Å². The highest BCUT2D eigenvalue weighted by Crippen LogP contribution is 2.29. The van der Waals surface area contributed by atoms with Gasteiger partial charge in [-0.15, -0.1) is 0 Å². The van der Waals surface area contributed by atoms with Crippen molar-refractivity contribution in [2.45, 2.75) is 51.9 Å². The van der Waals surface area contributed by atoms with Gasteiger partial charge in [0.2, 0.25) is 0 Å². The molecular weight excluding hydrogens is 240 g/mol. The molecule has 1 unspecified atom stereocenters. The molecule has 0 spiro atoms. The SMILES string of the molecule is CO[Si](C)(C)C(C)c1ccc(OC(C)(C)C)cc1. The minimum Gasteiger partial charge on any atom is -0.488 e. The normalized spacial score (nSPS) is 14.4. The fourth-order valence-electron chi connectivity index (χ4n) is 1.76. The summed E-state index contributed by atoms with van der Waals surface area (Å²) >= 11 is 0. The van der Waals surface area contributed by atoms with E-state index >= 15 is 0 Å². The van der Waals surface area contributed by atoms with Crippen LogP contribution in [0.5, 0.6) is 5.75 Å². The molecule has 3 heteroatoms. The van der Waals surface area contributed by atoms with E-state index in [0.717, 1.165) is 5.75 Å². The maximum absolute atomic E-state index is 5.83. The fraction of sp³-hybridized carbons (Fsp3) is 0.600. The van der Waals surface area contributed by atoms with Crippen molar-refractivity contribution in [1.82, 2.24) is 0 Å². The summed E-state index contributed by atoms with van der Waals surface area (Å²) in [5, 5.41) is 0. The van der Waals surface area contributed by atoms with E-state index in [1.807, 2.05) is 7.11 Å². The van der Waals surface area contributed by atoms with Gasteiger partial charge in [-0.05, 0) is 57.1 Å². The van der Waals surface area contributed by atoms with Crippen molar-refractivity contribution in [3.05, 3.63) is 29.8 Å². The molecule has 0 amide bonds. The van der Waals surface area contributed by atoms with Crippen LogP contribution in [-0.4, -0.2) is 21.0 Å². The molecule has 0 aromatic heterocycles. The van der Waals surface area contributed by atoms with Gasteiger partial charge in [-0.1, -0.05) is 19.1 Å². The average molecular weight is 266 g/mol. The first kappa shape index (κ1) is 15.3. The predicted octanol–water partition coefficient (Wildman–Crippen LogP) is 4.36. The second-order valence-electron chi connectivity index (χ2n) is 6.31. The zero-order valence-electron chi connectivity index (χ0n) is 12.7. The Bertz CT molecular complexity index is 376. The third-order valence-electron chi connectivity index (χ3n) is 3.37. The van der Waals surface area contributed by atoms with Crippen LogP contribution < -0.4 is 4.74 Å². The van der Waals surface area contributed by atoms with Crippen LogP contribution in [-0.2, 0) is 4.43 Å². The van der Waals surface area contributed by atoms with Gasteiger partial charge in [0.1, 0.15) is 11.4 Å². The lowest BCUT2D eigenvalue weighted by Crippen LogP contribution is -2.36. The van der Waals surface area contributed by atoms with Crippen molar-refractivity contribution in [1.29, 1.82) is 0 Å². The largest absolute Gasteiger partial charge is 0.488 e. The lowest BCUT2D eigenvalue weighted by molar-refractivity contribution is 0.131. The molecule has 0 saturated heterocycles. The molecule has 0 aliphatic rings. The molecule has 0 heterocycles. The van der Waals surface area contributed by atoms with Gasteiger partial charge < -0.3 is 9.16 Å². The summed E-state index contributed by atoms with van der Waals surface area (Å²) in [4.78, 5) is 0. The molecule has 1 aromatic carbocycles. The maximum Gasteiger partial charge on any atom is 0.193 e. The highest BCUT2D eigenvalue weighted by atomic mass is 28.4. The van der Waals surface area contributed by atoms with Crippen molar-refractivity contribution < 1.29 is 9.16 Å². The second kappa shape index (κ2) is 5.45. The third kappa shape index (κ3) is 4.14. The van der Waals surface area contributed by atoms with E-state index in [4.69, 9.17) is 9.16 Å². The van der Waals surface area contributed by atoms with Gasteiger partial charge in [-0.25, -0.2) is 0 Å². The van der Waals surface area contributed by atoms with Gasteiger partial charge in [0, 0.05) is 7.11 Å². The number of benzene rings is 1. The highest BCUT2D eigenvalue weighted by Gasteiger charge is 2.30. The monoisotopic (exact) mass is 266 g/mol. The lowest BCUT2D eigenvalue weighted by atomic mass is 10.1. The summed E-state index contributed by atoms with van der Waals surface area (Å²) in [6.07, 6.45) is 0. The predicted molar refractivity (Wildman–Crippen MR) is 79.7 cm³/mol. The topological polar surface area (TPSA) is 18.5 Å². The molecule has 1 aromatic rings. The van der Waals surface area contributed by atoms with Crippen LogP contribution in [0.2, 0.25) is 13.1 Å². The number of hydrogen-bond acceptors (Lipinski definition) is 2. The van der Waals surface area contributed by atoms with Crippen molar-refractivity contribution in [2.75, 3.05) is 7.11 Å². The Morgan fingerprint density at radius 1 is 1.06 bits per heavy atom. The maximum atomic E-state index is 5.83. The smallest absolute Gasteiger partial charge is 0.193 e. The van der Waals surface area contributed by atoms with Crippen LogP contribution in [0.4, 0.5) is 0 Å². The Morgan fingerprint density at radius 2 is 1.56 bits per heavy atom. The Balaban J connectivity index is 2.83. The van der Waals surface area contributed by atoms with E-state index in [0.29, 0.717) is 5.54 Å². The van der Waals surface area contributed by atoms with Crippen LogP contribution in [0, 0.1) is 0 Å². The molecule has 0 aliphatic carbocycles. The third-order valence-corrected chi connectivity index (χ3v) is 6.84. The molecular formula is C15H26O2Si. The molecule has 0 bridgehead atoms. The van der Waals surface area contributed by atoms with Gasteiger partial charge in [-0.2, -0.15) is 0 Å². The Kier molecular flexibility index (Phi) is 4.62. The molecule has 0 saturated carbocycles. The Labute approximate surface area is 112 Å². The standard InChI is InChI=1S/C15H26O2Si/c1-12(18(6,7)16-5)13-8-10-14(11-9-13)17-15(2,3)4/h8-12H,1-7H3. The van der Waals surface area contributed by atoms with Gasteiger partial charge in [0.15, 0.2) is 8.32 Å². The Morgan fingerprint density at radius 3 is 1.94 bits per heavy atom. The van der Waals surface area contributed by atoms with Crippen molar-refractivity contribution in [3.63, 3.8) is 0 Å². The van der Waals surface area contributed by atoms with Gasteiger partial charge in [0.05, 0.1) is 0 Å². The summed E-state index contributed by atoms with van der Waals surface area (Å²) in [5.41, 5.74) is 1.66. The molecule has 1 atom stereocenters. The van der Waals surface area contributed by atoms with E-state index in [1.165, 1.54) is 5.56 Å². The quantitative estimate of drug-likeness (QED) is 0.754. The molecule has 0 N–H and O–H groups in total. The van der Waals surface area contributed by atoms with Crippen molar-refractivity contribution in [2.24, 2.45) is 0 Å². The zero-order valence-corrected chi connectivity index (χ0v) is 13.7.